The van der Waals surface area contributed by atoms with E-state index < -0.39 is 29.0 Å². The van der Waals surface area contributed by atoms with Gasteiger partial charge >= 0.3 is 5.97 Å². The number of carbonyl (C=O) groups is 2. The molecule has 0 aromatic rings. The molecule has 1 aliphatic heterocycles. The monoisotopic (exact) mass is 348 g/mol. The Hall–Kier alpha value is -1.20. The second-order valence-corrected chi connectivity index (χ2v) is 9.54. The fourth-order valence-electron chi connectivity index (χ4n) is 6.57. The lowest BCUT2D eigenvalue weighted by atomic mass is 9.48. The molecule has 5 heteroatoms. The number of aliphatic hydroxyl groups excluding tert-OH is 1. The molecule has 1 saturated heterocycles. The smallest absolute Gasteiger partial charge is 0.343 e. The van der Waals surface area contributed by atoms with E-state index in [1.807, 2.05) is 6.92 Å². The van der Waals surface area contributed by atoms with Crippen LogP contribution in [-0.2, 0) is 14.3 Å². The third kappa shape index (κ3) is 1.91. The summed E-state index contributed by atoms with van der Waals surface area (Å²) in [6, 6.07) is 0. The summed E-state index contributed by atoms with van der Waals surface area (Å²) in [7, 11) is 0. The number of ketones is 1. The molecule has 5 nitrogen and oxygen atoms in total. The van der Waals surface area contributed by atoms with Crippen molar-refractivity contribution in [1.29, 1.82) is 0 Å². The highest BCUT2D eigenvalue weighted by molar-refractivity contribution is 6.10. The van der Waals surface area contributed by atoms with E-state index in [0.717, 1.165) is 19.3 Å². The number of fused-ring (bicyclic) bond motifs is 4. The van der Waals surface area contributed by atoms with Gasteiger partial charge in [0, 0.05) is 11.5 Å². The van der Waals surface area contributed by atoms with Gasteiger partial charge in [0.1, 0.15) is 0 Å². The van der Waals surface area contributed by atoms with Gasteiger partial charge in [0.25, 0.3) is 0 Å². The van der Waals surface area contributed by atoms with Crippen molar-refractivity contribution in [2.24, 2.45) is 28.6 Å². The molecular formula is C20H28O5. The van der Waals surface area contributed by atoms with Crippen molar-refractivity contribution in [1.82, 2.24) is 0 Å². The number of ether oxygens (including phenoxy) is 1. The maximum Gasteiger partial charge on any atom is 0.343 e. The van der Waals surface area contributed by atoms with E-state index in [2.05, 4.69) is 20.8 Å². The quantitative estimate of drug-likeness (QED) is 0.654. The number of esters is 1. The molecule has 0 radical (unpaired) electrons. The van der Waals surface area contributed by atoms with Crippen molar-refractivity contribution in [2.45, 2.75) is 65.1 Å². The zero-order valence-corrected chi connectivity index (χ0v) is 15.5. The van der Waals surface area contributed by atoms with Crippen molar-refractivity contribution < 1.29 is 24.5 Å². The van der Waals surface area contributed by atoms with Gasteiger partial charge in [-0.25, -0.2) is 4.79 Å². The second-order valence-electron chi connectivity index (χ2n) is 9.54. The lowest BCUT2D eigenvalue weighted by Gasteiger charge is -2.57. The topological polar surface area (TPSA) is 83.8 Å². The van der Waals surface area contributed by atoms with Gasteiger partial charge in [-0.05, 0) is 41.6 Å². The molecule has 0 aromatic carbocycles. The Morgan fingerprint density at radius 1 is 1.16 bits per heavy atom. The number of aliphatic hydroxyl groups is 2. The van der Waals surface area contributed by atoms with Crippen molar-refractivity contribution in [2.75, 3.05) is 6.61 Å². The summed E-state index contributed by atoms with van der Waals surface area (Å²) in [4.78, 5) is 25.8. The Morgan fingerprint density at radius 3 is 2.52 bits per heavy atom. The number of hydrogen-bond donors (Lipinski definition) is 2. The third-order valence-corrected chi connectivity index (χ3v) is 7.60. The standard InChI is InChI=1S/C20H28O5/c1-10-9-25-17(23)20(24)14(10)15(22)13-11(21)8-12-18(2,3)6-5-7-19(12,4)16(13)20/h10-12,14,21,24H,5-9H2,1-4H3/t10-,11+,12-,14-,19-,20+/m0/s1. The summed E-state index contributed by atoms with van der Waals surface area (Å²) in [6.45, 7) is 8.41. The van der Waals surface area contributed by atoms with Crippen LogP contribution in [0.3, 0.4) is 0 Å². The molecule has 1 saturated carbocycles. The minimum Gasteiger partial charge on any atom is -0.463 e. The van der Waals surface area contributed by atoms with E-state index in [1.165, 1.54) is 0 Å². The molecule has 0 spiro atoms. The molecule has 138 valence electrons. The molecule has 3 aliphatic carbocycles. The zero-order valence-electron chi connectivity index (χ0n) is 15.5. The van der Waals surface area contributed by atoms with Gasteiger partial charge in [-0.1, -0.05) is 34.1 Å². The third-order valence-electron chi connectivity index (χ3n) is 7.60. The Morgan fingerprint density at radius 2 is 1.84 bits per heavy atom. The number of carbonyl (C=O) groups excluding carboxylic acids is 2. The SMILES string of the molecule is C[C@H]1COC(=O)[C@]2(O)C3=C(C(=O)[C@H]12)[C@H](O)C[C@H]1C(C)(C)CCC[C@]31C. The Kier molecular flexibility index (Phi) is 3.41. The summed E-state index contributed by atoms with van der Waals surface area (Å²) < 4.78 is 5.26. The van der Waals surface area contributed by atoms with Gasteiger partial charge in [-0.15, -0.1) is 0 Å². The lowest BCUT2D eigenvalue weighted by molar-refractivity contribution is -0.185. The molecule has 2 fully saturated rings. The highest BCUT2D eigenvalue weighted by atomic mass is 16.6. The maximum atomic E-state index is 13.1. The van der Waals surface area contributed by atoms with E-state index in [9.17, 15) is 19.8 Å². The van der Waals surface area contributed by atoms with Crippen LogP contribution >= 0.6 is 0 Å². The van der Waals surface area contributed by atoms with E-state index in [1.54, 1.807) is 0 Å². The first-order valence-electron chi connectivity index (χ1n) is 9.42. The number of hydrogen-bond acceptors (Lipinski definition) is 5. The van der Waals surface area contributed by atoms with Crippen LogP contribution in [0.2, 0.25) is 0 Å². The molecule has 4 aliphatic rings. The van der Waals surface area contributed by atoms with Crippen LogP contribution < -0.4 is 0 Å². The zero-order chi connectivity index (χ0) is 18.4. The minimum absolute atomic E-state index is 0.0197. The largest absolute Gasteiger partial charge is 0.463 e. The molecule has 0 amide bonds. The molecule has 2 N–H and O–H groups in total. The first-order chi connectivity index (χ1) is 11.5. The van der Waals surface area contributed by atoms with Gasteiger partial charge in [0.15, 0.2) is 11.4 Å². The molecular weight excluding hydrogens is 320 g/mol. The van der Waals surface area contributed by atoms with Gasteiger partial charge < -0.3 is 14.9 Å². The predicted octanol–water partition coefficient (Wildman–Crippen LogP) is 2.00. The number of Topliss-reactive ketones (excluding diaryl/α,β-unsaturated/α-hetero) is 1. The van der Waals surface area contributed by atoms with Gasteiger partial charge in [0.2, 0.25) is 0 Å². The summed E-state index contributed by atoms with van der Waals surface area (Å²) in [5, 5.41) is 22.4. The molecule has 4 rings (SSSR count). The lowest BCUT2D eigenvalue weighted by Crippen LogP contribution is -2.59. The first-order valence-corrected chi connectivity index (χ1v) is 9.42. The van der Waals surface area contributed by atoms with E-state index in [-0.39, 0.29) is 29.6 Å². The van der Waals surface area contributed by atoms with Crippen LogP contribution in [0, 0.1) is 28.6 Å². The summed E-state index contributed by atoms with van der Waals surface area (Å²) in [6.07, 6.45) is 2.44. The molecule has 25 heavy (non-hydrogen) atoms. The van der Waals surface area contributed by atoms with Crippen LogP contribution in [0.15, 0.2) is 11.1 Å². The molecule has 6 atom stereocenters. The van der Waals surface area contributed by atoms with E-state index in [4.69, 9.17) is 4.74 Å². The fourth-order valence-corrected chi connectivity index (χ4v) is 6.57. The Balaban J connectivity index is 1.96. The summed E-state index contributed by atoms with van der Waals surface area (Å²) in [5.74, 6) is -1.94. The van der Waals surface area contributed by atoms with Gasteiger partial charge in [-0.3, -0.25) is 4.79 Å². The van der Waals surface area contributed by atoms with Crippen molar-refractivity contribution >= 4 is 11.8 Å². The van der Waals surface area contributed by atoms with Gasteiger partial charge in [0.05, 0.1) is 18.6 Å². The molecule has 0 unspecified atom stereocenters. The first kappa shape index (κ1) is 17.2. The van der Waals surface area contributed by atoms with Gasteiger partial charge in [-0.2, -0.15) is 0 Å². The summed E-state index contributed by atoms with van der Waals surface area (Å²) in [5.41, 5.74) is -1.62. The highest BCUT2D eigenvalue weighted by Gasteiger charge is 2.70. The fraction of sp³-hybridized carbons (Fsp3) is 0.800. The average Bonchev–Trinajstić information content (AvgIpc) is 2.77. The van der Waals surface area contributed by atoms with Crippen molar-refractivity contribution in [3.63, 3.8) is 0 Å². The van der Waals surface area contributed by atoms with Crippen LogP contribution in [-0.4, -0.2) is 40.3 Å². The average molecular weight is 348 g/mol. The molecule has 1 heterocycles. The van der Waals surface area contributed by atoms with Crippen LogP contribution in [0.4, 0.5) is 0 Å². The highest BCUT2D eigenvalue weighted by Crippen LogP contribution is 2.65. The maximum absolute atomic E-state index is 13.1. The number of cyclic esters (lactones) is 1. The summed E-state index contributed by atoms with van der Waals surface area (Å²) >= 11 is 0. The van der Waals surface area contributed by atoms with Crippen LogP contribution in [0.1, 0.15) is 53.4 Å². The Bertz CT molecular complexity index is 692. The molecule has 0 bridgehead atoms. The van der Waals surface area contributed by atoms with Crippen LogP contribution in [0.25, 0.3) is 0 Å². The predicted molar refractivity (Wildman–Crippen MR) is 90.4 cm³/mol. The van der Waals surface area contributed by atoms with Crippen molar-refractivity contribution in [3.05, 3.63) is 11.1 Å². The second kappa shape index (κ2) is 4.95. The van der Waals surface area contributed by atoms with Crippen LogP contribution in [0.5, 0.6) is 0 Å². The molecule has 0 aromatic heterocycles. The van der Waals surface area contributed by atoms with E-state index >= 15 is 0 Å². The normalized spacial score (nSPS) is 48.6. The minimum atomic E-state index is -1.91. The Labute approximate surface area is 148 Å². The van der Waals surface area contributed by atoms with E-state index in [0.29, 0.717) is 17.6 Å². The van der Waals surface area contributed by atoms with Crippen molar-refractivity contribution in [3.8, 4) is 0 Å². The number of rotatable bonds is 0.